The molecular weight excluding hydrogens is 194 g/mol. The standard InChI is InChI=1S/C10H19N3O2/c1-5-7(11)8-12-9(13-15-8)10(3,4)14-6-2/h7H,5-6,11H2,1-4H3/t7-/m1/s1. The molecule has 0 radical (unpaired) electrons. The molecule has 1 aromatic heterocycles. The predicted octanol–water partition coefficient (Wildman–Crippen LogP) is 1.75. The largest absolute Gasteiger partial charge is 0.368 e. The molecule has 1 heterocycles. The predicted molar refractivity (Wildman–Crippen MR) is 56.2 cm³/mol. The van der Waals surface area contributed by atoms with Gasteiger partial charge in [-0.25, -0.2) is 0 Å². The first-order valence-electron chi connectivity index (χ1n) is 5.24. The van der Waals surface area contributed by atoms with Gasteiger partial charge < -0.3 is 15.0 Å². The highest BCUT2D eigenvalue weighted by molar-refractivity contribution is 4.99. The van der Waals surface area contributed by atoms with Crippen molar-refractivity contribution in [3.63, 3.8) is 0 Å². The van der Waals surface area contributed by atoms with Gasteiger partial charge in [0, 0.05) is 6.61 Å². The van der Waals surface area contributed by atoms with E-state index in [2.05, 4.69) is 10.1 Å². The van der Waals surface area contributed by atoms with E-state index >= 15 is 0 Å². The lowest BCUT2D eigenvalue weighted by Crippen LogP contribution is -2.23. The summed E-state index contributed by atoms with van der Waals surface area (Å²) in [7, 11) is 0. The summed E-state index contributed by atoms with van der Waals surface area (Å²) in [5.41, 5.74) is 5.26. The van der Waals surface area contributed by atoms with Crippen molar-refractivity contribution in [3.05, 3.63) is 11.7 Å². The Bertz CT molecular complexity index is 309. The Balaban J connectivity index is 2.83. The lowest BCUT2D eigenvalue weighted by atomic mass is 10.1. The van der Waals surface area contributed by atoms with Gasteiger partial charge in [-0.3, -0.25) is 0 Å². The molecule has 2 N–H and O–H groups in total. The molecule has 0 fully saturated rings. The van der Waals surface area contributed by atoms with Gasteiger partial charge in [0.15, 0.2) is 0 Å². The lowest BCUT2D eigenvalue weighted by molar-refractivity contribution is -0.0221. The molecule has 0 saturated heterocycles. The number of aromatic nitrogens is 2. The molecule has 1 atom stereocenters. The molecule has 0 saturated carbocycles. The van der Waals surface area contributed by atoms with Gasteiger partial charge in [-0.2, -0.15) is 4.98 Å². The minimum Gasteiger partial charge on any atom is -0.368 e. The van der Waals surface area contributed by atoms with Crippen molar-refractivity contribution in [1.82, 2.24) is 10.1 Å². The maximum absolute atomic E-state index is 5.79. The van der Waals surface area contributed by atoms with E-state index in [0.29, 0.717) is 18.3 Å². The number of hydrogen-bond acceptors (Lipinski definition) is 5. The van der Waals surface area contributed by atoms with E-state index in [1.165, 1.54) is 0 Å². The van der Waals surface area contributed by atoms with Crippen LogP contribution in [0.5, 0.6) is 0 Å². The molecule has 1 rings (SSSR count). The van der Waals surface area contributed by atoms with Crippen LogP contribution in [0.25, 0.3) is 0 Å². The summed E-state index contributed by atoms with van der Waals surface area (Å²) >= 11 is 0. The molecule has 0 amide bonds. The minimum atomic E-state index is -0.524. The lowest BCUT2D eigenvalue weighted by Gasteiger charge is -2.19. The molecule has 0 aromatic carbocycles. The second-order valence-electron chi connectivity index (χ2n) is 3.91. The fourth-order valence-corrected chi connectivity index (χ4v) is 1.23. The Kier molecular flexibility index (Phi) is 3.82. The summed E-state index contributed by atoms with van der Waals surface area (Å²) in [4.78, 5) is 4.24. The number of hydrogen-bond donors (Lipinski definition) is 1. The van der Waals surface area contributed by atoms with Crippen molar-refractivity contribution in [1.29, 1.82) is 0 Å². The van der Waals surface area contributed by atoms with Crippen LogP contribution in [0, 0.1) is 0 Å². The van der Waals surface area contributed by atoms with Gasteiger partial charge >= 0.3 is 0 Å². The number of ether oxygens (including phenoxy) is 1. The van der Waals surface area contributed by atoms with Crippen molar-refractivity contribution >= 4 is 0 Å². The van der Waals surface area contributed by atoms with Crippen LogP contribution in [0.2, 0.25) is 0 Å². The van der Waals surface area contributed by atoms with Crippen LogP contribution < -0.4 is 5.73 Å². The highest BCUT2D eigenvalue weighted by Gasteiger charge is 2.28. The highest BCUT2D eigenvalue weighted by Crippen LogP contribution is 2.23. The Labute approximate surface area is 90.0 Å². The van der Waals surface area contributed by atoms with E-state index in [0.717, 1.165) is 6.42 Å². The first-order chi connectivity index (χ1) is 7.01. The van der Waals surface area contributed by atoms with E-state index in [4.69, 9.17) is 15.0 Å². The fourth-order valence-electron chi connectivity index (χ4n) is 1.23. The third kappa shape index (κ3) is 2.76. The maximum Gasteiger partial charge on any atom is 0.243 e. The summed E-state index contributed by atoms with van der Waals surface area (Å²) in [6.07, 6.45) is 0.775. The molecule has 5 nitrogen and oxygen atoms in total. The Hall–Kier alpha value is -0.940. The zero-order chi connectivity index (χ0) is 11.5. The zero-order valence-corrected chi connectivity index (χ0v) is 9.78. The van der Waals surface area contributed by atoms with Crippen molar-refractivity contribution in [2.45, 2.75) is 45.8 Å². The molecule has 0 bridgehead atoms. The van der Waals surface area contributed by atoms with Crippen LogP contribution in [-0.4, -0.2) is 16.7 Å². The number of rotatable bonds is 5. The van der Waals surface area contributed by atoms with Gasteiger partial charge in [0.25, 0.3) is 0 Å². The van der Waals surface area contributed by atoms with E-state index < -0.39 is 5.60 Å². The SMILES string of the molecule is CCOC(C)(C)c1noc([C@H](N)CC)n1. The molecule has 15 heavy (non-hydrogen) atoms. The van der Waals surface area contributed by atoms with Crippen molar-refractivity contribution in [2.24, 2.45) is 5.73 Å². The molecule has 0 aliphatic rings. The van der Waals surface area contributed by atoms with Crippen LogP contribution in [-0.2, 0) is 10.3 Å². The maximum atomic E-state index is 5.79. The van der Waals surface area contributed by atoms with E-state index in [9.17, 15) is 0 Å². The van der Waals surface area contributed by atoms with Crippen LogP contribution >= 0.6 is 0 Å². The summed E-state index contributed by atoms with van der Waals surface area (Å²) in [5, 5.41) is 3.88. The molecule has 0 aliphatic heterocycles. The van der Waals surface area contributed by atoms with Gasteiger partial charge in [0.05, 0.1) is 6.04 Å². The second-order valence-corrected chi connectivity index (χ2v) is 3.91. The van der Waals surface area contributed by atoms with Crippen LogP contribution in [0.15, 0.2) is 4.52 Å². The van der Waals surface area contributed by atoms with Gasteiger partial charge in [0.1, 0.15) is 5.60 Å². The van der Waals surface area contributed by atoms with Crippen LogP contribution in [0.1, 0.15) is 51.9 Å². The van der Waals surface area contributed by atoms with Gasteiger partial charge in [-0.1, -0.05) is 12.1 Å². The third-order valence-corrected chi connectivity index (χ3v) is 2.24. The van der Waals surface area contributed by atoms with Gasteiger partial charge in [-0.15, -0.1) is 0 Å². The Morgan fingerprint density at radius 2 is 2.13 bits per heavy atom. The van der Waals surface area contributed by atoms with E-state index in [-0.39, 0.29) is 6.04 Å². The molecule has 0 unspecified atom stereocenters. The van der Waals surface area contributed by atoms with Crippen LogP contribution in [0.4, 0.5) is 0 Å². The first-order valence-corrected chi connectivity index (χ1v) is 5.24. The normalized spacial score (nSPS) is 14.2. The van der Waals surface area contributed by atoms with Crippen molar-refractivity contribution in [3.8, 4) is 0 Å². The first kappa shape index (κ1) is 12.1. The number of nitrogens with zero attached hydrogens (tertiary/aromatic N) is 2. The fraction of sp³-hybridized carbons (Fsp3) is 0.800. The van der Waals surface area contributed by atoms with Gasteiger partial charge in [0.2, 0.25) is 11.7 Å². The molecular formula is C10H19N3O2. The van der Waals surface area contributed by atoms with Gasteiger partial charge in [-0.05, 0) is 27.2 Å². The summed E-state index contributed by atoms with van der Waals surface area (Å²) < 4.78 is 10.6. The molecule has 0 spiro atoms. The molecule has 86 valence electrons. The smallest absolute Gasteiger partial charge is 0.243 e. The Morgan fingerprint density at radius 1 is 1.47 bits per heavy atom. The monoisotopic (exact) mass is 213 g/mol. The quantitative estimate of drug-likeness (QED) is 0.806. The molecule has 1 aromatic rings. The summed E-state index contributed by atoms with van der Waals surface area (Å²) in [6.45, 7) is 8.32. The van der Waals surface area contributed by atoms with Crippen LogP contribution in [0.3, 0.4) is 0 Å². The van der Waals surface area contributed by atoms with Crippen molar-refractivity contribution in [2.75, 3.05) is 6.61 Å². The molecule has 0 aliphatic carbocycles. The minimum absolute atomic E-state index is 0.191. The highest BCUT2D eigenvalue weighted by atomic mass is 16.5. The average Bonchev–Trinajstić information content (AvgIpc) is 2.66. The topological polar surface area (TPSA) is 74.2 Å². The zero-order valence-electron chi connectivity index (χ0n) is 9.78. The number of nitrogens with two attached hydrogens (primary N) is 1. The summed E-state index contributed by atoms with van der Waals surface area (Å²) in [5.74, 6) is 1.02. The van der Waals surface area contributed by atoms with E-state index in [1.54, 1.807) is 0 Å². The Morgan fingerprint density at radius 3 is 2.67 bits per heavy atom. The van der Waals surface area contributed by atoms with E-state index in [1.807, 2.05) is 27.7 Å². The van der Waals surface area contributed by atoms with Crippen molar-refractivity contribution < 1.29 is 9.26 Å². The molecule has 5 heteroatoms. The summed E-state index contributed by atoms with van der Waals surface area (Å²) in [6, 6.07) is -0.191. The average molecular weight is 213 g/mol. The second kappa shape index (κ2) is 4.72. The third-order valence-electron chi connectivity index (χ3n) is 2.24.